The fourth-order valence-corrected chi connectivity index (χ4v) is 3.66. The highest BCUT2D eigenvalue weighted by molar-refractivity contribution is 6.39. The Labute approximate surface area is 208 Å². The number of halogens is 1. The van der Waals surface area contributed by atoms with Crippen LogP contribution < -0.4 is 15.5 Å². The molecule has 4 aromatic rings. The molecule has 1 aromatic heterocycles. The molecule has 0 saturated heterocycles. The topological polar surface area (TPSA) is 84.7 Å². The van der Waals surface area contributed by atoms with Crippen LogP contribution in [0.25, 0.3) is 5.69 Å². The molecule has 0 radical (unpaired) electrons. The zero-order valence-electron chi connectivity index (χ0n) is 19.2. The molecule has 4 rings (SSSR count). The molecular weight excluding hydrogens is 464 g/mol. The first kappa shape index (κ1) is 23.8. The van der Waals surface area contributed by atoms with Crippen molar-refractivity contribution in [2.24, 2.45) is 5.10 Å². The van der Waals surface area contributed by atoms with Crippen LogP contribution in [0.5, 0.6) is 11.5 Å². The van der Waals surface area contributed by atoms with Crippen LogP contribution in [0.15, 0.2) is 90.0 Å². The minimum atomic E-state index is -0.877. The van der Waals surface area contributed by atoms with Crippen LogP contribution in [0.3, 0.4) is 0 Å². The third kappa shape index (κ3) is 5.96. The molecule has 0 atom stereocenters. The Balaban J connectivity index is 1.34. The van der Waals surface area contributed by atoms with E-state index in [9.17, 15) is 9.59 Å². The summed E-state index contributed by atoms with van der Waals surface area (Å²) in [6.07, 6.45) is 1.51. The van der Waals surface area contributed by atoms with Gasteiger partial charge >= 0.3 is 11.8 Å². The number of aromatic nitrogens is 1. The second kappa shape index (κ2) is 10.7. The molecule has 8 heteroatoms. The summed E-state index contributed by atoms with van der Waals surface area (Å²) in [5, 5.41) is 7.15. The normalized spacial score (nSPS) is 10.8. The Morgan fingerprint density at radius 3 is 2.23 bits per heavy atom. The lowest BCUT2D eigenvalue weighted by Crippen LogP contribution is -2.32. The molecule has 2 N–H and O–H groups in total. The monoisotopic (exact) mass is 486 g/mol. The zero-order valence-corrected chi connectivity index (χ0v) is 19.9. The minimum absolute atomic E-state index is 0.459. The first-order valence-corrected chi connectivity index (χ1v) is 11.2. The van der Waals surface area contributed by atoms with Gasteiger partial charge in [-0.05, 0) is 80.6 Å². The standard InChI is InChI=1S/C27H23ClN4O3/c1-18-16-20(19(2)32(18)23-12-8-21(28)9-13-23)17-29-31-27(34)26(33)30-22-10-14-25(15-11-22)35-24-6-4-3-5-7-24/h3-17H,1-2H3,(H,30,33)(H,31,34)/b29-17-. The fraction of sp³-hybridized carbons (Fsp3) is 0.0741. The van der Waals surface area contributed by atoms with Gasteiger partial charge in [-0.15, -0.1) is 0 Å². The Kier molecular flexibility index (Phi) is 7.28. The van der Waals surface area contributed by atoms with Gasteiger partial charge in [0.05, 0.1) is 6.21 Å². The van der Waals surface area contributed by atoms with Crippen molar-refractivity contribution in [1.82, 2.24) is 9.99 Å². The number of aryl methyl sites for hydroxylation is 1. The molecule has 0 fully saturated rings. The number of para-hydroxylation sites is 1. The maximum absolute atomic E-state index is 12.2. The largest absolute Gasteiger partial charge is 0.457 e. The lowest BCUT2D eigenvalue weighted by molar-refractivity contribution is -0.136. The van der Waals surface area contributed by atoms with E-state index in [1.54, 1.807) is 24.3 Å². The molecule has 0 aliphatic carbocycles. The van der Waals surface area contributed by atoms with Crippen LogP contribution in [-0.2, 0) is 9.59 Å². The minimum Gasteiger partial charge on any atom is -0.457 e. The molecule has 3 aromatic carbocycles. The number of rotatable bonds is 6. The number of hydrogen-bond donors (Lipinski definition) is 2. The van der Waals surface area contributed by atoms with Gasteiger partial charge in [0.25, 0.3) is 0 Å². The number of nitrogens with one attached hydrogen (secondary N) is 2. The number of anilines is 1. The van der Waals surface area contributed by atoms with E-state index < -0.39 is 11.8 Å². The summed E-state index contributed by atoms with van der Waals surface area (Å²) >= 11 is 5.99. The Morgan fingerprint density at radius 1 is 0.886 bits per heavy atom. The first-order chi connectivity index (χ1) is 16.9. The Bertz CT molecular complexity index is 1360. The second-order valence-corrected chi connectivity index (χ2v) is 8.17. The summed E-state index contributed by atoms with van der Waals surface area (Å²) in [6.45, 7) is 3.92. The van der Waals surface area contributed by atoms with Gasteiger partial charge in [0.2, 0.25) is 0 Å². The molecular formula is C27H23ClN4O3. The van der Waals surface area contributed by atoms with Crippen LogP contribution in [-0.4, -0.2) is 22.6 Å². The van der Waals surface area contributed by atoms with Crippen LogP contribution in [0.4, 0.5) is 5.69 Å². The highest BCUT2D eigenvalue weighted by Gasteiger charge is 2.14. The van der Waals surface area contributed by atoms with Crippen molar-refractivity contribution in [3.63, 3.8) is 0 Å². The maximum Gasteiger partial charge on any atom is 0.329 e. The number of hydrazone groups is 1. The third-order valence-corrected chi connectivity index (χ3v) is 5.47. The Morgan fingerprint density at radius 2 is 1.54 bits per heavy atom. The first-order valence-electron chi connectivity index (χ1n) is 10.8. The number of ether oxygens (including phenoxy) is 1. The molecule has 0 aliphatic heterocycles. The summed E-state index contributed by atoms with van der Waals surface area (Å²) < 4.78 is 7.77. The molecule has 2 amide bonds. The second-order valence-electron chi connectivity index (χ2n) is 7.73. The predicted octanol–water partition coefficient (Wildman–Crippen LogP) is 5.63. The van der Waals surface area contributed by atoms with E-state index in [-0.39, 0.29) is 0 Å². The number of carbonyl (C=O) groups excluding carboxylic acids is 2. The van der Waals surface area contributed by atoms with Crippen LogP contribution in [0.1, 0.15) is 17.0 Å². The van der Waals surface area contributed by atoms with E-state index in [0.717, 1.165) is 22.6 Å². The van der Waals surface area contributed by atoms with Gasteiger partial charge in [-0.3, -0.25) is 9.59 Å². The van der Waals surface area contributed by atoms with Crippen molar-refractivity contribution >= 4 is 35.3 Å². The lowest BCUT2D eigenvalue weighted by atomic mass is 10.2. The Hall–Kier alpha value is -4.36. The summed E-state index contributed by atoms with van der Waals surface area (Å²) in [4.78, 5) is 24.4. The predicted molar refractivity (Wildman–Crippen MR) is 138 cm³/mol. The lowest BCUT2D eigenvalue weighted by Gasteiger charge is -2.09. The summed E-state index contributed by atoms with van der Waals surface area (Å²) in [5.41, 5.74) is 6.43. The molecule has 35 heavy (non-hydrogen) atoms. The smallest absolute Gasteiger partial charge is 0.329 e. The van der Waals surface area contributed by atoms with Gasteiger partial charge in [-0.25, -0.2) is 5.43 Å². The van der Waals surface area contributed by atoms with Gasteiger partial charge in [0.1, 0.15) is 11.5 Å². The van der Waals surface area contributed by atoms with E-state index >= 15 is 0 Å². The number of hydrogen-bond acceptors (Lipinski definition) is 4. The van der Waals surface area contributed by atoms with E-state index in [1.807, 2.05) is 74.5 Å². The number of carbonyl (C=O) groups is 2. The van der Waals surface area contributed by atoms with Gasteiger partial charge < -0.3 is 14.6 Å². The van der Waals surface area contributed by atoms with Crippen molar-refractivity contribution in [3.8, 4) is 17.2 Å². The quantitative estimate of drug-likeness (QED) is 0.210. The summed E-state index contributed by atoms with van der Waals surface area (Å²) in [5.74, 6) is -0.391. The SMILES string of the molecule is Cc1cc(/C=N\NC(=O)C(=O)Nc2ccc(Oc3ccccc3)cc2)c(C)n1-c1ccc(Cl)cc1. The van der Waals surface area contributed by atoms with Crippen molar-refractivity contribution in [2.75, 3.05) is 5.32 Å². The molecule has 0 aliphatic rings. The molecule has 0 spiro atoms. The molecule has 1 heterocycles. The molecule has 0 unspecified atom stereocenters. The summed E-state index contributed by atoms with van der Waals surface area (Å²) in [7, 11) is 0. The van der Waals surface area contributed by atoms with Crippen molar-refractivity contribution in [3.05, 3.63) is 107 Å². The highest BCUT2D eigenvalue weighted by atomic mass is 35.5. The molecule has 176 valence electrons. The van der Waals surface area contributed by atoms with Gasteiger partial charge in [0, 0.05) is 33.3 Å². The highest BCUT2D eigenvalue weighted by Crippen LogP contribution is 2.23. The average Bonchev–Trinajstić information content (AvgIpc) is 3.14. The zero-order chi connectivity index (χ0) is 24.8. The van der Waals surface area contributed by atoms with Crippen LogP contribution in [0, 0.1) is 13.8 Å². The molecule has 0 saturated carbocycles. The van der Waals surface area contributed by atoms with E-state index in [1.165, 1.54) is 6.21 Å². The van der Waals surface area contributed by atoms with E-state index in [0.29, 0.717) is 22.2 Å². The maximum atomic E-state index is 12.2. The van der Waals surface area contributed by atoms with Crippen molar-refractivity contribution < 1.29 is 14.3 Å². The summed E-state index contributed by atoms with van der Waals surface area (Å²) in [6, 6.07) is 25.5. The van der Waals surface area contributed by atoms with Crippen LogP contribution in [0.2, 0.25) is 5.02 Å². The number of amides is 2. The van der Waals surface area contributed by atoms with Crippen molar-refractivity contribution in [2.45, 2.75) is 13.8 Å². The van der Waals surface area contributed by atoms with Crippen molar-refractivity contribution in [1.29, 1.82) is 0 Å². The van der Waals surface area contributed by atoms with E-state index in [4.69, 9.17) is 16.3 Å². The van der Waals surface area contributed by atoms with E-state index in [2.05, 4.69) is 20.4 Å². The molecule has 0 bridgehead atoms. The van der Waals surface area contributed by atoms with Crippen LogP contribution >= 0.6 is 11.6 Å². The number of nitrogens with zero attached hydrogens (tertiary/aromatic N) is 2. The number of benzene rings is 3. The molecule has 7 nitrogen and oxygen atoms in total. The third-order valence-electron chi connectivity index (χ3n) is 5.22. The van der Waals surface area contributed by atoms with Gasteiger partial charge in [-0.2, -0.15) is 5.10 Å². The van der Waals surface area contributed by atoms with Gasteiger partial charge in [-0.1, -0.05) is 29.8 Å². The van der Waals surface area contributed by atoms with Gasteiger partial charge in [0.15, 0.2) is 0 Å². The average molecular weight is 487 g/mol. The fourth-order valence-electron chi connectivity index (χ4n) is 3.54.